The first kappa shape index (κ1) is 15.2. The molecule has 1 aromatic rings. The molecule has 0 radical (unpaired) electrons. The third-order valence-corrected chi connectivity index (χ3v) is 3.39. The van der Waals surface area contributed by atoms with Crippen LogP contribution < -0.4 is 4.74 Å². The predicted molar refractivity (Wildman–Crippen MR) is 73.1 cm³/mol. The highest BCUT2D eigenvalue weighted by atomic mass is 19.1. The number of benzene rings is 1. The van der Waals surface area contributed by atoms with E-state index in [1.54, 1.807) is 6.92 Å². The van der Waals surface area contributed by atoms with Crippen molar-refractivity contribution in [1.29, 1.82) is 0 Å². The molecule has 1 aliphatic heterocycles. The summed E-state index contributed by atoms with van der Waals surface area (Å²) in [5.41, 5.74) is 0.678. The lowest BCUT2D eigenvalue weighted by atomic mass is 10.1. The predicted octanol–water partition coefficient (Wildman–Crippen LogP) is 2.63. The van der Waals surface area contributed by atoms with Crippen LogP contribution in [0.4, 0.5) is 8.78 Å². The number of aryl methyl sites for hydroxylation is 1. The van der Waals surface area contributed by atoms with Gasteiger partial charge in [0, 0.05) is 13.1 Å². The molecule has 20 heavy (non-hydrogen) atoms. The maximum atomic E-state index is 13.7. The van der Waals surface area contributed by atoms with Crippen LogP contribution in [0.1, 0.15) is 18.9 Å². The minimum Gasteiger partial charge on any atom is -0.488 e. The lowest BCUT2D eigenvalue weighted by molar-refractivity contribution is 0.0374. The van der Waals surface area contributed by atoms with Crippen LogP contribution in [0.15, 0.2) is 12.1 Å². The molecule has 1 aliphatic rings. The van der Waals surface area contributed by atoms with E-state index in [1.165, 1.54) is 12.1 Å². The maximum absolute atomic E-state index is 13.7. The Kier molecular flexibility index (Phi) is 5.73. The Morgan fingerprint density at radius 2 is 1.85 bits per heavy atom. The lowest BCUT2D eigenvalue weighted by Crippen LogP contribution is -2.36. The third-order valence-electron chi connectivity index (χ3n) is 3.39. The van der Waals surface area contributed by atoms with Crippen LogP contribution in [0.2, 0.25) is 0 Å². The van der Waals surface area contributed by atoms with E-state index in [-0.39, 0.29) is 12.4 Å². The van der Waals surface area contributed by atoms with Crippen molar-refractivity contribution in [3.05, 3.63) is 29.3 Å². The molecule has 0 aromatic heterocycles. The smallest absolute Gasteiger partial charge is 0.190 e. The standard InChI is InChI=1S/C15H21F2NO2/c1-2-20-15-13(16)10-12(11-14(15)17)4-3-5-18-6-8-19-9-7-18/h10-11H,2-9H2,1H3. The molecule has 3 nitrogen and oxygen atoms in total. The van der Waals surface area contributed by atoms with E-state index in [9.17, 15) is 8.78 Å². The van der Waals surface area contributed by atoms with E-state index in [0.29, 0.717) is 12.0 Å². The number of rotatable bonds is 6. The van der Waals surface area contributed by atoms with Gasteiger partial charge in [-0.2, -0.15) is 0 Å². The molecule has 1 saturated heterocycles. The van der Waals surface area contributed by atoms with Gasteiger partial charge in [-0.3, -0.25) is 4.90 Å². The zero-order chi connectivity index (χ0) is 14.4. The molecular weight excluding hydrogens is 264 g/mol. The van der Waals surface area contributed by atoms with Gasteiger partial charge in [-0.15, -0.1) is 0 Å². The van der Waals surface area contributed by atoms with Crippen molar-refractivity contribution in [2.75, 3.05) is 39.5 Å². The Bertz CT molecular complexity index is 411. The number of ether oxygens (including phenoxy) is 2. The largest absolute Gasteiger partial charge is 0.488 e. The second-order valence-corrected chi connectivity index (χ2v) is 4.88. The van der Waals surface area contributed by atoms with Gasteiger partial charge < -0.3 is 9.47 Å². The van der Waals surface area contributed by atoms with Gasteiger partial charge in [-0.05, 0) is 44.0 Å². The molecule has 1 heterocycles. The molecule has 0 bridgehead atoms. The van der Waals surface area contributed by atoms with Gasteiger partial charge in [0.15, 0.2) is 17.4 Å². The molecule has 0 amide bonds. The van der Waals surface area contributed by atoms with Crippen molar-refractivity contribution in [3.8, 4) is 5.75 Å². The number of nitrogens with zero attached hydrogens (tertiary/aromatic N) is 1. The highest BCUT2D eigenvalue weighted by molar-refractivity contribution is 5.31. The molecule has 0 aliphatic carbocycles. The van der Waals surface area contributed by atoms with Crippen LogP contribution in [-0.4, -0.2) is 44.4 Å². The van der Waals surface area contributed by atoms with Crippen molar-refractivity contribution < 1.29 is 18.3 Å². The van der Waals surface area contributed by atoms with Crippen LogP contribution in [0.25, 0.3) is 0 Å². The first-order chi connectivity index (χ1) is 9.70. The van der Waals surface area contributed by atoms with E-state index in [0.717, 1.165) is 39.3 Å². The van der Waals surface area contributed by atoms with Crippen molar-refractivity contribution >= 4 is 0 Å². The summed E-state index contributed by atoms with van der Waals surface area (Å²) in [4.78, 5) is 2.31. The normalized spacial score (nSPS) is 16.4. The molecular formula is C15H21F2NO2. The fraction of sp³-hybridized carbons (Fsp3) is 0.600. The summed E-state index contributed by atoms with van der Waals surface area (Å²) in [7, 11) is 0. The highest BCUT2D eigenvalue weighted by Gasteiger charge is 2.13. The molecule has 0 unspecified atom stereocenters. The van der Waals surface area contributed by atoms with E-state index in [4.69, 9.17) is 9.47 Å². The van der Waals surface area contributed by atoms with Crippen molar-refractivity contribution in [2.24, 2.45) is 0 Å². The van der Waals surface area contributed by atoms with E-state index in [2.05, 4.69) is 4.90 Å². The third kappa shape index (κ3) is 4.15. The SMILES string of the molecule is CCOc1c(F)cc(CCCN2CCOCC2)cc1F. The summed E-state index contributed by atoms with van der Waals surface area (Å²) >= 11 is 0. The zero-order valence-corrected chi connectivity index (χ0v) is 11.8. The van der Waals surface area contributed by atoms with Gasteiger partial charge in [0.1, 0.15) is 0 Å². The fourth-order valence-corrected chi connectivity index (χ4v) is 2.37. The zero-order valence-electron chi connectivity index (χ0n) is 11.8. The second-order valence-electron chi connectivity index (χ2n) is 4.88. The summed E-state index contributed by atoms with van der Waals surface area (Å²) < 4.78 is 37.6. The minimum absolute atomic E-state index is 0.254. The van der Waals surface area contributed by atoms with Crippen LogP contribution in [0, 0.1) is 11.6 Å². The van der Waals surface area contributed by atoms with Crippen molar-refractivity contribution in [1.82, 2.24) is 4.90 Å². The van der Waals surface area contributed by atoms with Crippen molar-refractivity contribution in [3.63, 3.8) is 0 Å². The number of halogens is 2. The first-order valence-electron chi connectivity index (χ1n) is 7.11. The summed E-state index contributed by atoms with van der Waals surface area (Å²) in [6.45, 7) is 6.30. The summed E-state index contributed by atoms with van der Waals surface area (Å²) in [5, 5.41) is 0. The minimum atomic E-state index is -0.617. The first-order valence-corrected chi connectivity index (χ1v) is 7.11. The van der Waals surface area contributed by atoms with Gasteiger partial charge in [0.05, 0.1) is 19.8 Å². The Hall–Kier alpha value is -1.20. The number of hydrogen-bond donors (Lipinski definition) is 0. The Labute approximate surface area is 118 Å². The summed E-state index contributed by atoms with van der Waals surface area (Å²) in [6.07, 6.45) is 1.55. The Morgan fingerprint density at radius 1 is 1.20 bits per heavy atom. The average molecular weight is 285 g/mol. The van der Waals surface area contributed by atoms with Gasteiger partial charge in [0.2, 0.25) is 0 Å². The highest BCUT2D eigenvalue weighted by Crippen LogP contribution is 2.24. The molecule has 1 fully saturated rings. The molecule has 0 N–H and O–H groups in total. The molecule has 0 spiro atoms. The van der Waals surface area contributed by atoms with E-state index >= 15 is 0 Å². The average Bonchev–Trinajstić information content (AvgIpc) is 2.44. The number of hydrogen-bond acceptors (Lipinski definition) is 3. The van der Waals surface area contributed by atoms with Crippen LogP contribution in [0.3, 0.4) is 0 Å². The van der Waals surface area contributed by atoms with Crippen LogP contribution >= 0.6 is 0 Å². The monoisotopic (exact) mass is 285 g/mol. The molecule has 112 valence electrons. The maximum Gasteiger partial charge on any atom is 0.190 e. The molecule has 1 aromatic carbocycles. The molecule has 0 saturated carbocycles. The summed E-state index contributed by atoms with van der Waals surface area (Å²) in [6, 6.07) is 2.74. The van der Waals surface area contributed by atoms with Gasteiger partial charge >= 0.3 is 0 Å². The van der Waals surface area contributed by atoms with Gasteiger partial charge in [-0.1, -0.05) is 0 Å². The quantitative estimate of drug-likeness (QED) is 0.802. The van der Waals surface area contributed by atoms with Gasteiger partial charge in [-0.25, -0.2) is 8.78 Å². The van der Waals surface area contributed by atoms with Crippen molar-refractivity contribution in [2.45, 2.75) is 19.8 Å². The van der Waals surface area contributed by atoms with Crippen LogP contribution in [0.5, 0.6) is 5.75 Å². The summed E-state index contributed by atoms with van der Waals surface area (Å²) in [5.74, 6) is -1.51. The lowest BCUT2D eigenvalue weighted by Gasteiger charge is -2.26. The van der Waals surface area contributed by atoms with Crippen LogP contribution in [-0.2, 0) is 11.2 Å². The fourth-order valence-electron chi connectivity index (χ4n) is 2.37. The van der Waals surface area contributed by atoms with E-state index in [1.807, 2.05) is 0 Å². The van der Waals surface area contributed by atoms with E-state index < -0.39 is 11.6 Å². The molecule has 5 heteroatoms. The Balaban J connectivity index is 1.86. The second kappa shape index (κ2) is 7.55. The van der Waals surface area contributed by atoms with Gasteiger partial charge in [0.25, 0.3) is 0 Å². The molecule has 0 atom stereocenters. The number of morpholine rings is 1. The molecule has 2 rings (SSSR count). The Morgan fingerprint density at radius 3 is 2.45 bits per heavy atom. The topological polar surface area (TPSA) is 21.7 Å².